The molecule has 26 heavy (non-hydrogen) atoms. The number of hydrogen-bond acceptors (Lipinski definition) is 3. The van der Waals surface area contributed by atoms with Crippen LogP contribution in [-0.4, -0.2) is 28.7 Å². The number of aromatic nitrogens is 1. The molecule has 2 aliphatic heterocycles. The maximum Gasteiger partial charge on any atom is 0.254 e. The van der Waals surface area contributed by atoms with E-state index in [0.717, 1.165) is 17.8 Å². The second-order valence-corrected chi connectivity index (χ2v) is 6.51. The van der Waals surface area contributed by atoms with Gasteiger partial charge in [-0.05, 0) is 35.9 Å². The Morgan fingerprint density at radius 2 is 1.77 bits per heavy atom. The molecule has 1 aromatic heterocycles. The molecule has 0 radical (unpaired) electrons. The largest absolute Gasteiger partial charge is 0.454 e. The first kappa shape index (κ1) is 15.1. The van der Waals surface area contributed by atoms with Gasteiger partial charge in [-0.25, -0.2) is 0 Å². The SMILES string of the molecule is O=C(c1ccc2c(c1)OCO2)N1CCn2cccc2[C@@H]1c1ccccc1. The van der Waals surface area contributed by atoms with Gasteiger partial charge in [0.25, 0.3) is 5.91 Å². The molecule has 5 nitrogen and oxygen atoms in total. The van der Waals surface area contributed by atoms with E-state index in [1.807, 2.05) is 35.2 Å². The lowest BCUT2D eigenvalue weighted by atomic mass is 9.99. The molecule has 2 aromatic carbocycles. The molecular formula is C21H18N2O3. The third-order valence-corrected chi connectivity index (χ3v) is 5.03. The van der Waals surface area contributed by atoms with Crippen LogP contribution in [0.5, 0.6) is 11.5 Å². The lowest BCUT2D eigenvalue weighted by Gasteiger charge is -2.37. The summed E-state index contributed by atoms with van der Waals surface area (Å²) in [6, 6.07) is 19.6. The minimum Gasteiger partial charge on any atom is -0.454 e. The van der Waals surface area contributed by atoms with Crippen molar-refractivity contribution in [2.45, 2.75) is 12.6 Å². The lowest BCUT2D eigenvalue weighted by Crippen LogP contribution is -2.42. The highest BCUT2D eigenvalue weighted by molar-refractivity contribution is 5.95. The Morgan fingerprint density at radius 3 is 2.65 bits per heavy atom. The maximum absolute atomic E-state index is 13.3. The van der Waals surface area contributed by atoms with Crippen LogP contribution in [0.15, 0.2) is 66.9 Å². The van der Waals surface area contributed by atoms with Gasteiger partial charge in [-0.15, -0.1) is 0 Å². The Hall–Kier alpha value is -3.21. The van der Waals surface area contributed by atoms with E-state index < -0.39 is 0 Å². The Labute approximate surface area is 151 Å². The third kappa shape index (κ3) is 2.36. The predicted octanol–water partition coefficient (Wildman–Crippen LogP) is 3.46. The number of benzene rings is 2. The molecule has 130 valence electrons. The zero-order valence-electron chi connectivity index (χ0n) is 14.2. The highest BCUT2D eigenvalue weighted by Crippen LogP contribution is 2.36. The molecule has 0 aliphatic carbocycles. The van der Waals surface area contributed by atoms with Gasteiger partial charge in [-0.1, -0.05) is 30.3 Å². The Bertz CT molecular complexity index is 964. The zero-order valence-corrected chi connectivity index (χ0v) is 14.2. The molecule has 5 heteroatoms. The van der Waals surface area contributed by atoms with Gasteiger partial charge in [-0.3, -0.25) is 4.79 Å². The normalized spacial score (nSPS) is 17.8. The van der Waals surface area contributed by atoms with Crippen LogP contribution in [0.1, 0.15) is 27.7 Å². The van der Waals surface area contributed by atoms with E-state index >= 15 is 0 Å². The highest BCUT2D eigenvalue weighted by Gasteiger charge is 2.33. The molecule has 3 aromatic rings. The van der Waals surface area contributed by atoms with Gasteiger partial charge in [0.15, 0.2) is 11.5 Å². The lowest BCUT2D eigenvalue weighted by molar-refractivity contribution is 0.0663. The second-order valence-electron chi connectivity index (χ2n) is 6.51. The van der Waals surface area contributed by atoms with E-state index in [4.69, 9.17) is 9.47 Å². The van der Waals surface area contributed by atoms with Gasteiger partial charge in [-0.2, -0.15) is 0 Å². The monoisotopic (exact) mass is 346 g/mol. The molecule has 0 saturated carbocycles. The number of carbonyl (C=O) groups excluding carboxylic acids is 1. The summed E-state index contributed by atoms with van der Waals surface area (Å²) in [5, 5.41) is 0. The summed E-state index contributed by atoms with van der Waals surface area (Å²) in [5.74, 6) is 1.32. The molecule has 0 bridgehead atoms. The number of nitrogens with zero attached hydrogens (tertiary/aromatic N) is 2. The fourth-order valence-corrected chi connectivity index (χ4v) is 3.78. The van der Waals surface area contributed by atoms with Crippen molar-refractivity contribution >= 4 is 5.91 Å². The number of rotatable bonds is 2. The van der Waals surface area contributed by atoms with Crippen molar-refractivity contribution in [3.05, 3.63) is 83.7 Å². The van der Waals surface area contributed by atoms with Gasteiger partial charge in [0.05, 0.1) is 6.04 Å². The van der Waals surface area contributed by atoms with Crippen LogP contribution < -0.4 is 9.47 Å². The average Bonchev–Trinajstić information content (AvgIpc) is 3.35. The van der Waals surface area contributed by atoms with Gasteiger partial charge in [0, 0.05) is 30.5 Å². The summed E-state index contributed by atoms with van der Waals surface area (Å²) in [4.78, 5) is 15.3. The summed E-state index contributed by atoms with van der Waals surface area (Å²) in [5.41, 5.74) is 2.87. The maximum atomic E-state index is 13.3. The molecule has 5 rings (SSSR count). The Morgan fingerprint density at radius 1 is 0.923 bits per heavy atom. The summed E-state index contributed by atoms with van der Waals surface area (Å²) in [7, 11) is 0. The molecule has 1 atom stereocenters. The van der Waals surface area contributed by atoms with Crippen LogP contribution in [0.4, 0.5) is 0 Å². The number of amides is 1. The van der Waals surface area contributed by atoms with Crippen LogP contribution in [0.2, 0.25) is 0 Å². The highest BCUT2D eigenvalue weighted by atomic mass is 16.7. The van der Waals surface area contributed by atoms with Crippen molar-refractivity contribution in [1.82, 2.24) is 9.47 Å². The third-order valence-electron chi connectivity index (χ3n) is 5.03. The number of carbonyl (C=O) groups is 1. The summed E-state index contributed by atoms with van der Waals surface area (Å²) < 4.78 is 13.0. The van der Waals surface area contributed by atoms with Crippen LogP contribution in [-0.2, 0) is 6.54 Å². The number of ether oxygens (including phenoxy) is 2. The van der Waals surface area contributed by atoms with E-state index in [0.29, 0.717) is 23.6 Å². The van der Waals surface area contributed by atoms with Crippen LogP contribution in [0.25, 0.3) is 0 Å². The van der Waals surface area contributed by atoms with Crippen molar-refractivity contribution in [3.8, 4) is 11.5 Å². The minimum atomic E-state index is -0.0992. The first-order valence-electron chi connectivity index (χ1n) is 8.72. The topological polar surface area (TPSA) is 43.7 Å². The van der Waals surface area contributed by atoms with Gasteiger partial charge < -0.3 is 18.9 Å². The van der Waals surface area contributed by atoms with Crippen LogP contribution in [0.3, 0.4) is 0 Å². The van der Waals surface area contributed by atoms with Crippen molar-refractivity contribution in [2.24, 2.45) is 0 Å². The standard InChI is InChI=1S/C21H18N2O3/c24-21(16-8-9-18-19(13-16)26-14-25-18)23-12-11-22-10-4-7-17(22)20(23)15-5-2-1-3-6-15/h1-10,13,20H,11-12,14H2/t20-/m0/s1. The molecule has 2 aliphatic rings. The van der Waals surface area contributed by atoms with Crippen LogP contribution in [0, 0.1) is 0 Å². The molecule has 0 unspecified atom stereocenters. The Kier molecular flexibility index (Phi) is 3.45. The van der Waals surface area contributed by atoms with Crippen molar-refractivity contribution < 1.29 is 14.3 Å². The number of fused-ring (bicyclic) bond motifs is 2. The molecule has 0 saturated heterocycles. The van der Waals surface area contributed by atoms with Crippen molar-refractivity contribution in [2.75, 3.05) is 13.3 Å². The van der Waals surface area contributed by atoms with E-state index in [2.05, 4.69) is 29.0 Å². The van der Waals surface area contributed by atoms with E-state index in [-0.39, 0.29) is 18.7 Å². The summed E-state index contributed by atoms with van der Waals surface area (Å²) in [6.45, 7) is 1.66. The molecule has 0 fully saturated rings. The first-order valence-corrected chi connectivity index (χ1v) is 8.72. The average molecular weight is 346 g/mol. The van der Waals surface area contributed by atoms with Gasteiger partial charge in [0.2, 0.25) is 6.79 Å². The fourth-order valence-electron chi connectivity index (χ4n) is 3.78. The number of hydrogen-bond donors (Lipinski definition) is 0. The van der Waals surface area contributed by atoms with E-state index in [1.54, 1.807) is 12.1 Å². The van der Waals surface area contributed by atoms with Crippen LogP contribution >= 0.6 is 0 Å². The molecule has 1 amide bonds. The Balaban J connectivity index is 1.55. The quantitative estimate of drug-likeness (QED) is 0.714. The van der Waals surface area contributed by atoms with Gasteiger partial charge >= 0.3 is 0 Å². The zero-order chi connectivity index (χ0) is 17.5. The molecular weight excluding hydrogens is 328 g/mol. The first-order chi connectivity index (χ1) is 12.8. The molecule has 0 spiro atoms. The second kappa shape index (κ2) is 5.95. The van der Waals surface area contributed by atoms with Crippen molar-refractivity contribution in [3.63, 3.8) is 0 Å². The summed E-state index contributed by atoms with van der Waals surface area (Å²) >= 11 is 0. The molecule has 0 N–H and O–H groups in total. The van der Waals surface area contributed by atoms with E-state index in [9.17, 15) is 4.79 Å². The smallest absolute Gasteiger partial charge is 0.254 e. The van der Waals surface area contributed by atoms with Gasteiger partial charge in [0.1, 0.15) is 0 Å². The predicted molar refractivity (Wildman–Crippen MR) is 96.3 cm³/mol. The van der Waals surface area contributed by atoms with E-state index in [1.165, 1.54) is 0 Å². The molecule has 3 heterocycles. The van der Waals surface area contributed by atoms with Crippen molar-refractivity contribution in [1.29, 1.82) is 0 Å². The minimum absolute atomic E-state index is 0.00426. The fraction of sp³-hybridized carbons (Fsp3) is 0.190. The summed E-state index contributed by atoms with van der Waals surface area (Å²) in [6.07, 6.45) is 2.08.